The average Bonchev–Trinajstić information content (AvgIpc) is 3.68. The van der Waals surface area contributed by atoms with Gasteiger partial charge in [-0.05, 0) is 64.5 Å². The molecular formula is C28H23ClN8O2. The van der Waals surface area contributed by atoms with E-state index in [1.165, 1.54) is 17.1 Å². The summed E-state index contributed by atoms with van der Waals surface area (Å²) in [7, 11) is 0. The average molecular weight is 539 g/mol. The van der Waals surface area contributed by atoms with Crippen LogP contribution < -0.4 is 10.6 Å². The molecule has 0 radical (unpaired) electrons. The standard InChI is InChI=1S/C28H23ClN8O2/c29-22-7-12-26(37-19-31-34-35-37)21(17-22)6-13-27(38)33-25(16-20-4-2-1-3-5-20)28(39)32-23-8-10-24(11-9-23)36-15-14-30-18-36/h1-15,17-19,25H,16H2,(H,32,39)(H,33,38)/b13-6+/t25-/m0/s1. The lowest BCUT2D eigenvalue weighted by Crippen LogP contribution is -2.44. The topological polar surface area (TPSA) is 120 Å². The molecule has 5 rings (SSSR count). The third-order valence-corrected chi connectivity index (χ3v) is 6.09. The van der Waals surface area contributed by atoms with Crippen molar-refractivity contribution >= 4 is 35.2 Å². The first-order valence-corrected chi connectivity index (χ1v) is 12.4. The Kier molecular flexibility index (Phi) is 7.84. The highest BCUT2D eigenvalue weighted by Crippen LogP contribution is 2.20. The zero-order chi connectivity index (χ0) is 27.0. The number of hydrogen-bond donors (Lipinski definition) is 2. The predicted molar refractivity (Wildman–Crippen MR) is 147 cm³/mol. The van der Waals surface area contributed by atoms with Gasteiger partial charge in [-0.1, -0.05) is 41.9 Å². The van der Waals surface area contributed by atoms with Crippen LogP contribution in [-0.2, 0) is 16.0 Å². The van der Waals surface area contributed by atoms with E-state index in [0.29, 0.717) is 28.4 Å². The van der Waals surface area contributed by atoms with Gasteiger partial charge in [0.2, 0.25) is 11.8 Å². The maximum atomic E-state index is 13.3. The number of nitrogens with one attached hydrogen (secondary N) is 2. The van der Waals surface area contributed by atoms with Gasteiger partial charge in [0, 0.05) is 46.9 Å². The summed E-state index contributed by atoms with van der Waals surface area (Å²) < 4.78 is 3.33. The number of tetrazole rings is 1. The van der Waals surface area contributed by atoms with Gasteiger partial charge >= 0.3 is 0 Å². The van der Waals surface area contributed by atoms with Crippen LogP contribution in [0.2, 0.25) is 5.02 Å². The van der Waals surface area contributed by atoms with E-state index in [1.54, 1.807) is 48.9 Å². The van der Waals surface area contributed by atoms with Crippen molar-refractivity contribution in [3.63, 3.8) is 0 Å². The predicted octanol–water partition coefficient (Wildman–Crippen LogP) is 3.88. The van der Waals surface area contributed by atoms with Crippen LogP contribution in [0.25, 0.3) is 17.5 Å². The highest BCUT2D eigenvalue weighted by molar-refractivity contribution is 6.30. The van der Waals surface area contributed by atoms with Gasteiger partial charge in [-0.2, -0.15) is 4.68 Å². The van der Waals surface area contributed by atoms with Crippen LogP contribution in [0.1, 0.15) is 11.1 Å². The number of amides is 2. The molecule has 0 bridgehead atoms. The fourth-order valence-corrected chi connectivity index (χ4v) is 4.12. The van der Waals surface area contributed by atoms with E-state index in [2.05, 4.69) is 31.1 Å². The maximum Gasteiger partial charge on any atom is 0.247 e. The Labute approximate surface area is 229 Å². The van der Waals surface area contributed by atoms with E-state index in [-0.39, 0.29) is 5.91 Å². The summed E-state index contributed by atoms with van der Waals surface area (Å²) in [5.41, 5.74) is 3.70. The van der Waals surface area contributed by atoms with E-state index in [0.717, 1.165) is 11.3 Å². The molecule has 2 aromatic heterocycles. The van der Waals surface area contributed by atoms with Crippen LogP contribution in [-0.4, -0.2) is 47.6 Å². The molecule has 0 aliphatic heterocycles. The summed E-state index contributed by atoms with van der Waals surface area (Å²) in [6.45, 7) is 0. The molecular weight excluding hydrogens is 516 g/mol. The lowest BCUT2D eigenvalue weighted by atomic mass is 10.0. The first kappa shape index (κ1) is 25.6. The Morgan fingerprint density at radius 2 is 1.82 bits per heavy atom. The smallest absolute Gasteiger partial charge is 0.247 e. The molecule has 0 aliphatic carbocycles. The first-order chi connectivity index (χ1) is 19.0. The molecule has 0 aliphatic rings. The molecule has 0 saturated carbocycles. The number of hydrogen-bond acceptors (Lipinski definition) is 6. The summed E-state index contributed by atoms with van der Waals surface area (Å²) in [5.74, 6) is -0.780. The second-order valence-corrected chi connectivity index (χ2v) is 8.98. The van der Waals surface area contributed by atoms with Crippen molar-refractivity contribution in [2.24, 2.45) is 0 Å². The van der Waals surface area contributed by atoms with Gasteiger partial charge in [0.05, 0.1) is 12.0 Å². The normalized spacial score (nSPS) is 11.8. The van der Waals surface area contributed by atoms with Crippen molar-refractivity contribution in [3.8, 4) is 11.4 Å². The number of carbonyl (C=O) groups excluding carboxylic acids is 2. The molecule has 5 aromatic rings. The van der Waals surface area contributed by atoms with Crippen molar-refractivity contribution in [2.75, 3.05) is 5.32 Å². The number of halogens is 1. The molecule has 2 amide bonds. The highest BCUT2D eigenvalue weighted by atomic mass is 35.5. The van der Waals surface area contributed by atoms with Crippen LogP contribution >= 0.6 is 11.6 Å². The van der Waals surface area contributed by atoms with Crippen molar-refractivity contribution in [2.45, 2.75) is 12.5 Å². The van der Waals surface area contributed by atoms with Gasteiger partial charge in [0.1, 0.15) is 12.4 Å². The maximum absolute atomic E-state index is 13.3. The first-order valence-electron chi connectivity index (χ1n) is 12.0. The second-order valence-electron chi connectivity index (χ2n) is 8.55. The Bertz CT molecular complexity index is 1570. The number of rotatable bonds is 9. The number of imidazole rings is 1. The van der Waals surface area contributed by atoms with E-state index < -0.39 is 11.9 Å². The fraction of sp³-hybridized carbons (Fsp3) is 0.0714. The summed E-state index contributed by atoms with van der Waals surface area (Å²) >= 11 is 6.17. The van der Waals surface area contributed by atoms with Crippen molar-refractivity contribution in [1.29, 1.82) is 0 Å². The number of carbonyl (C=O) groups is 2. The molecule has 2 heterocycles. The van der Waals surface area contributed by atoms with Crippen molar-refractivity contribution in [1.82, 2.24) is 35.1 Å². The quantitative estimate of drug-likeness (QED) is 0.275. The van der Waals surface area contributed by atoms with E-state index >= 15 is 0 Å². The number of benzene rings is 3. The number of nitrogens with zero attached hydrogens (tertiary/aromatic N) is 6. The second kappa shape index (κ2) is 12.0. The Morgan fingerprint density at radius 1 is 1.00 bits per heavy atom. The molecule has 0 saturated heterocycles. The minimum Gasteiger partial charge on any atom is -0.340 e. The van der Waals surface area contributed by atoms with Gasteiger partial charge in [-0.15, -0.1) is 5.10 Å². The summed E-state index contributed by atoms with van der Waals surface area (Å²) in [6.07, 6.45) is 9.94. The monoisotopic (exact) mass is 538 g/mol. The summed E-state index contributed by atoms with van der Waals surface area (Å²) in [5, 5.41) is 17.4. The minimum atomic E-state index is -0.823. The zero-order valence-electron chi connectivity index (χ0n) is 20.6. The molecule has 0 spiro atoms. The molecule has 39 heavy (non-hydrogen) atoms. The van der Waals surface area contributed by atoms with Crippen LogP contribution in [0, 0.1) is 0 Å². The molecule has 194 valence electrons. The third kappa shape index (κ3) is 6.62. The van der Waals surface area contributed by atoms with Crippen molar-refractivity contribution < 1.29 is 9.59 Å². The van der Waals surface area contributed by atoms with E-state index in [4.69, 9.17) is 11.6 Å². The Morgan fingerprint density at radius 3 is 2.54 bits per heavy atom. The molecule has 2 N–H and O–H groups in total. The molecule has 0 fully saturated rings. The van der Waals surface area contributed by atoms with Crippen LogP contribution in [0.5, 0.6) is 0 Å². The van der Waals surface area contributed by atoms with Gasteiger partial charge < -0.3 is 15.2 Å². The van der Waals surface area contributed by atoms with Gasteiger partial charge in [-0.25, -0.2) is 4.98 Å². The SMILES string of the molecule is O=C(/C=C/c1cc(Cl)ccc1-n1cnnn1)N[C@@H](Cc1ccccc1)C(=O)Nc1ccc(-n2ccnc2)cc1. The summed E-state index contributed by atoms with van der Waals surface area (Å²) in [6, 6.07) is 21.2. The van der Waals surface area contributed by atoms with Gasteiger partial charge in [0.25, 0.3) is 0 Å². The number of aromatic nitrogens is 6. The van der Waals surface area contributed by atoms with Gasteiger partial charge in [-0.3, -0.25) is 9.59 Å². The Hall–Kier alpha value is -5.09. The number of anilines is 1. The Balaban J connectivity index is 1.32. The summed E-state index contributed by atoms with van der Waals surface area (Å²) in [4.78, 5) is 30.3. The zero-order valence-corrected chi connectivity index (χ0v) is 21.3. The minimum absolute atomic E-state index is 0.312. The largest absolute Gasteiger partial charge is 0.340 e. The van der Waals surface area contributed by atoms with Gasteiger partial charge in [0.15, 0.2) is 0 Å². The molecule has 11 heteroatoms. The lowest BCUT2D eigenvalue weighted by Gasteiger charge is -2.18. The van der Waals surface area contributed by atoms with Crippen LogP contribution in [0.3, 0.4) is 0 Å². The molecule has 0 unspecified atom stereocenters. The molecule has 3 aromatic carbocycles. The van der Waals surface area contributed by atoms with E-state index in [9.17, 15) is 9.59 Å². The fourth-order valence-electron chi connectivity index (χ4n) is 3.94. The molecule has 10 nitrogen and oxygen atoms in total. The van der Waals surface area contributed by atoms with E-state index in [1.807, 2.05) is 53.2 Å². The van der Waals surface area contributed by atoms with Crippen LogP contribution in [0.4, 0.5) is 5.69 Å². The van der Waals surface area contributed by atoms with Crippen molar-refractivity contribution in [3.05, 3.63) is 120 Å². The lowest BCUT2D eigenvalue weighted by molar-refractivity contribution is -0.123. The molecule has 1 atom stereocenters. The third-order valence-electron chi connectivity index (χ3n) is 5.85. The highest BCUT2D eigenvalue weighted by Gasteiger charge is 2.21. The van der Waals surface area contributed by atoms with Crippen LogP contribution in [0.15, 0.2) is 104 Å².